The van der Waals surface area contributed by atoms with Gasteiger partial charge >= 0.3 is 0 Å². The Labute approximate surface area is 94.8 Å². The molecule has 3 nitrogen and oxygen atoms in total. The van der Waals surface area contributed by atoms with Crippen LogP contribution in [0.1, 0.15) is 22.8 Å². The van der Waals surface area contributed by atoms with Crippen LogP contribution in [0.4, 0.5) is 0 Å². The highest BCUT2D eigenvalue weighted by Gasteiger charge is 2.18. The number of hydrogen-bond acceptors (Lipinski definition) is 4. The van der Waals surface area contributed by atoms with Crippen molar-refractivity contribution in [3.63, 3.8) is 0 Å². The van der Waals surface area contributed by atoms with Gasteiger partial charge in [-0.2, -0.15) is 12.6 Å². The van der Waals surface area contributed by atoms with Gasteiger partial charge in [-0.15, -0.1) is 0 Å². The molecule has 2 atom stereocenters. The third kappa shape index (κ3) is 2.95. The Morgan fingerprint density at radius 1 is 1.33 bits per heavy atom. The molecule has 4 heteroatoms. The van der Waals surface area contributed by atoms with Crippen molar-refractivity contribution in [3.8, 4) is 0 Å². The highest BCUT2D eigenvalue weighted by molar-refractivity contribution is 7.80. The third-order valence-electron chi connectivity index (χ3n) is 2.40. The number of benzene rings is 1. The van der Waals surface area contributed by atoms with Crippen LogP contribution in [0.2, 0.25) is 0 Å². The van der Waals surface area contributed by atoms with E-state index in [2.05, 4.69) is 12.6 Å². The fourth-order valence-corrected chi connectivity index (χ4v) is 1.61. The van der Waals surface area contributed by atoms with E-state index in [9.17, 15) is 10.2 Å². The molecule has 0 aliphatic carbocycles. The molecule has 1 aromatic rings. The lowest BCUT2D eigenvalue weighted by atomic mass is 9.98. The summed E-state index contributed by atoms with van der Waals surface area (Å²) in [5.41, 5.74) is 2.25. The molecule has 1 aromatic carbocycles. The zero-order valence-electron chi connectivity index (χ0n) is 8.59. The van der Waals surface area contributed by atoms with Crippen molar-refractivity contribution in [1.29, 1.82) is 0 Å². The molecule has 84 valence electrons. The first-order chi connectivity index (χ1) is 7.10. The van der Waals surface area contributed by atoms with Gasteiger partial charge in [-0.1, -0.05) is 18.2 Å². The van der Waals surface area contributed by atoms with Gasteiger partial charge in [-0.25, -0.2) is 0 Å². The zero-order chi connectivity index (χ0) is 11.4. The molecule has 0 amide bonds. The lowest BCUT2D eigenvalue weighted by Gasteiger charge is -2.18. The summed E-state index contributed by atoms with van der Waals surface area (Å²) in [6.45, 7) is 1.78. The maximum Gasteiger partial charge on any atom is 0.106 e. The van der Waals surface area contributed by atoms with Crippen molar-refractivity contribution in [2.24, 2.45) is 0 Å². The number of aryl methyl sites for hydroxylation is 1. The molecule has 1 rings (SSSR count). The minimum Gasteiger partial charge on any atom is -0.392 e. The molecular formula is C11H16O3S. The third-order valence-corrected chi connectivity index (χ3v) is 2.77. The second-order valence-corrected chi connectivity index (χ2v) is 3.91. The maximum atomic E-state index is 9.81. The summed E-state index contributed by atoms with van der Waals surface area (Å²) in [5, 5.41) is 28.3. The molecule has 0 aliphatic rings. The normalized spacial score (nSPS) is 15.0. The van der Waals surface area contributed by atoms with Gasteiger partial charge in [-0.3, -0.25) is 0 Å². The van der Waals surface area contributed by atoms with E-state index in [1.807, 2.05) is 13.0 Å². The van der Waals surface area contributed by atoms with Gasteiger partial charge in [0.05, 0.1) is 12.7 Å². The van der Waals surface area contributed by atoms with Gasteiger partial charge in [0.15, 0.2) is 0 Å². The molecule has 0 bridgehead atoms. The molecular weight excluding hydrogens is 212 g/mol. The van der Waals surface area contributed by atoms with Gasteiger partial charge in [0.25, 0.3) is 0 Å². The summed E-state index contributed by atoms with van der Waals surface area (Å²) in [6.07, 6.45) is -1.84. The Kier molecular flexibility index (Phi) is 4.60. The number of hydrogen-bond donors (Lipinski definition) is 4. The van der Waals surface area contributed by atoms with Crippen LogP contribution in [0.15, 0.2) is 18.2 Å². The van der Waals surface area contributed by atoms with Gasteiger partial charge in [-0.05, 0) is 23.6 Å². The van der Waals surface area contributed by atoms with E-state index in [4.69, 9.17) is 5.11 Å². The van der Waals surface area contributed by atoms with Gasteiger partial charge in [0, 0.05) is 5.75 Å². The van der Waals surface area contributed by atoms with Gasteiger partial charge < -0.3 is 15.3 Å². The molecule has 0 heterocycles. The quantitative estimate of drug-likeness (QED) is 0.577. The van der Waals surface area contributed by atoms with Crippen LogP contribution in [-0.4, -0.2) is 27.2 Å². The monoisotopic (exact) mass is 228 g/mol. The summed E-state index contributed by atoms with van der Waals surface area (Å²) in [6, 6.07) is 5.31. The topological polar surface area (TPSA) is 60.7 Å². The Morgan fingerprint density at radius 3 is 2.53 bits per heavy atom. The summed E-state index contributed by atoms with van der Waals surface area (Å²) in [4.78, 5) is 0. The van der Waals surface area contributed by atoms with Crippen LogP contribution in [-0.2, 0) is 6.61 Å². The predicted molar refractivity (Wildman–Crippen MR) is 61.9 cm³/mol. The summed E-state index contributed by atoms with van der Waals surface area (Å²) >= 11 is 3.93. The van der Waals surface area contributed by atoms with E-state index in [1.165, 1.54) is 0 Å². The van der Waals surface area contributed by atoms with E-state index >= 15 is 0 Å². The van der Waals surface area contributed by atoms with Crippen molar-refractivity contribution in [3.05, 3.63) is 34.9 Å². The first-order valence-corrected chi connectivity index (χ1v) is 5.40. The SMILES string of the molecule is Cc1ccc(CO)cc1C(O)C(O)CS. The van der Waals surface area contributed by atoms with Crippen LogP contribution < -0.4 is 0 Å². The minimum atomic E-state index is -0.950. The Morgan fingerprint density at radius 2 is 2.00 bits per heavy atom. The average molecular weight is 228 g/mol. The number of thiol groups is 1. The van der Waals surface area contributed by atoms with Crippen molar-refractivity contribution in [2.45, 2.75) is 25.7 Å². The average Bonchev–Trinajstić information content (AvgIpc) is 2.27. The van der Waals surface area contributed by atoms with E-state index in [1.54, 1.807) is 12.1 Å². The van der Waals surface area contributed by atoms with Crippen molar-refractivity contribution < 1.29 is 15.3 Å². The second kappa shape index (κ2) is 5.51. The maximum absolute atomic E-state index is 9.81. The zero-order valence-corrected chi connectivity index (χ0v) is 9.48. The molecule has 3 N–H and O–H groups in total. The standard InChI is InChI=1S/C11H16O3S/c1-7-2-3-8(5-12)4-9(7)11(14)10(13)6-15/h2-4,10-15H,5-6H2,1H3. The fraction of sp³-hybridized carbons (Fsp3) is 0.455. The number of aliphatic hydroxyl groups excluding tert-OH is 3. The predicted octanol–water partition coefficient (Wildman–Crippen LogP) is 0.811. The molecule has 0 aliphatic heterocycles. The number of aliphatic hydroxyl groups is 3. The van der Waals surface area contributed by atoms with Crippen molar-refractivity contribution in [1.82, 2.24) is 0 Å². The number of rotatable bonds is 4. The Bertz CT molecular complexity index is 328. The van der Waals surface area contributed by atoms with Crippen LogP contribution in [0.5, 0.6) is 0 Å². The fourth-order valence-electron chi connectivity index (χ4n) is 1.41. The van der Waals surface area contributed by atoms with Gasteiger partial charge in [0.1, 0.15) is 6.10 Å². The first-order valence-electron chi connectivity index (χ1n) is 4.77. The summed E-state index contributed by atoms with van der Waals surface area (Å²) < 4.78 is 0. The van der Waals surface area contributed by atoms with E-state index < -0.39 is 12.2 Å². The van der Waals surface area contributed by atoms with Crippen molar-refractivity contribution in [2.75, 3.05) is 5.75 Å². The second-order valence-electron chi connectivity index (χ2n) is 3.54. The van der Waals surface area contributed by atoms with Crippen LogP contribution >= 0.6 is 12.6 Å². The first kappa shape index (κ1) is 12.5. The highest BCUT2D eigenvalue weighted by Crippen LogP contribution is 2.22. The van der Waals surface area contributed by atoms with Gasteiger partial charge in [0.2, 0.25) is 0 Å². The van der Waals surface area contributed by atoms with E-state index in [0.29, 0.717) is 5.56 Å². The lowest BCUT2D eigenvalue weighted by Crippen LogP contribution is -2.20. The van der Waals surface area contributed by atoms with Crippen LogP contribution in [0.3, 0.4) is 0 Å². The van der Waals surface area contributed by atoms with E-state index in [0.717, 1.165) is 11.1 Å². The van der Waals surface area contributed by atoms with Crippen LogP contribution in [0, 0.1) is 6.92 Å². The molecule has 0 aromatic heterocycles. The van der Waals surface area contributed by atoms with Crippen LogP contribution in [0.25, 0.3) is 0 Å². The molecule has 0 fully saturated rings. The molecule has 0 spiro atoms. The van der Waals surface area contributed by atoms with Crippen molar-refractivity contribution >= 4 is 12.6 Å². The summed E-state index contributed by atoms with van der Waals surface area (Å²) in [7, 11) is 0. The largest absolute Gasteiger partial charge is 0.392 e. The molecule has 0 radical (unpaired) electrons. The molecule has 0 saturated carbocycles. The summed E-state index contributed by atoms with van der Waals surface area (Å²) in [5.74, 6) is 0.198. The Balaban J connectivity index is 3.01. The molecule has 15 heavy (non-hydrogen) atoms. The minimum absolute atomic E-state index is 0.0725. The highest BCUT2D eigenvalue weighted by atomic mass is 32.1. The molecule has 0 saturated heterocycles. The lowest BCUT2D eigenvalue weighted by molar-refractivity contribution is 0.0332. The van der Waals surface area contributed by atoms with E-state index in [-0.39, 0.29) is 12.4 Å². The Hall–Kier alpha value is -0.550. The smallest absolute Gasteiger partial charge is 0.106 e. The molecule has 2 unspecified atom stereocenters.